The summed E-state index contributed by atoms with van der Waals surface area (Å²) in [6.45, 7) is 0.446. The van der Waals surface area contributed by atoms with Gasteiger partial charge in [-0.25, -0.2) is 9.69 Å². The maximum Gasteiger partial charge on any atom is 0.335 e. The second-order valence-corrected chi connectivity index (χ2v) is 9.38. The number of barbiturate groups is 1. The molecule has 0 spiro atoms. The van der Waals surface area contributed by atoms with Crippen LogP contribution in [0.25, 0.3) is 6.08 Å². The van der Waals surface area contributed by atoms with E-state index in [4.69, 9.17) is 37.4 Å². The molecule has 4 amide bonds. The molecule has 0 radical (unpaired) electrons. The molecule has 3 aromatic carbocycles. The van der Waals surface area contributed by atoms with Crippen LogP contribution in [0.15, 0.2) is 70.7 Å². The van der Waals surface area contributed by atoms with Crippen LogP contribution in [0.3, 0.4) is 0 Å². The van der Waals surface area contributed by atoms with Crippen molar-refractivity contribution >= 4 is 68.7 Å². The SMILES string of the molecule is COc1cc(C=C2C(=O)NC(=O)N(c3ccc(Cl)cc3)C2=O)cc(Cl)c1OCCOc1ccc(Br)cc1. The van der Waals surface area contributed by atoms with Crippen molar-refractivity contribution in [2.45, 2.75) is 0 Å². The molecular weight excluding hydrogens is 587 g/mol. The molecule has 4 rings (SSSR count). The van der Waals surface area contributed by atoms with Crippen molar-refractivity contribution in [3.63, 3.8) is 0 Å². The van der Waals surface area contributed by atoms with Crippen molar-refractivity contribution in [1.82, 2.24) is 5.32 Å². The average Bonchev–Trinajstić information content (AvgIpc) is 2.87. The van der Waals surface area contributed by atoms with Crippen LogP contribution in [0.4, 0.5) is 10.5 Å². The second-order valence-electron chi connectivity index (χ2n) is 7.62. The largest absolute Gasteiger partial charge is 0.493 e. The topological polar surface area (TPSA) is 94.2 Å². The van der Waals surface area contributed by atoms with Crippen molar-refractivity contribution in [3.05, 3.63) is 86.3 Å². The maximum atomic E-state index is 13.1. The molecular formula is C26H19BrCl2N2O6. The standard InChI is InChI=1S/C26H19BrCl2N2O6/c1-35-22-14-15(13-21(29)23(22)37-11-10-36-19-8-2-16(27)3-9-19)12-20-24(32)30-26(34)31(25(20)33)18-6-4-17(28)5-7-18/h2-9,12-14H,10-11H2,1H3,(H,30,32,34). The fourth-order valence-corrected chi connectivity index (χ4v) is 4.11. The molecule has 190 valence electrons. The Balaban J connectivity index is 1.52. The maximum absolute atomic E-state index is 13.1. The Morgan fingerprint density at radius 1 is 0.946 bits per heavy atom. The monoisotopic (exact) mass is 604 g/mol. The van der Waals surface area contributed by atoms with E-state index in [1.807, 2.05) is 24.3 Å². The first kappa shape index (κ1) is 26.5. The van der Waals surface area contributed by atoms with Crippen LogP contribution in [0, 0.1) is 0 Å². The predicted molar refractivity (Wildman–Crippen MR) is 144 cm³/mol. The van der Waals surface area contributed by atoms with E-state index < -0.39 is 17.8 Å². The lowest BCUT2D eigenvalue weighted by Crippen LogP contribution is -2.54. The van der Waals surface area contributed by atoms with E-state index in [2.05, 4.69) is 21.2 Å². The highest BCUT2D eigenvalue weighted by molar-refractivity contribution is 9.10. The summed E-state index contributed by atoms with van der Waals surface area (Å²) < 4.78 is 17.8. The minimum atomic E-state index is -0.862. The molecule has 1 heterocycles. The number of ether oxygens (including phenoxy) is 3. The minimum Gasteiger partial charge on any atom is -0.493 e. The van der Waals surface area contributed by atoms with Crippen molar-refractivity contribution in [2.24, 2.45) is 0 Å². The van der Waals surface area contributed by atoms with Gasteiger partial charge in [-0.2, -0.15) is 0 Å². The fourth-order valence-electron chi connectivity index (χ4n) is 3.45. The number of imide groups is 2. The quantitative estimate of drug-likeness (QED) is 0.195. The van der Waals surface area contributed by atoms with Gasteiger partial charge in [-0.3, -0.25) is 14.9 Å². The zero-order valence-electron chi connectivity index (χ0n) is 19.3. The number of anilines is 1. The first-order valence-electron chi connectivity index (χ1n) is 10.8. The van der Waals surface area contributed by atoms with Crippen LogP contribution in [0.5, 0.6) is 17.2 Å². The minimum absolute atomic E-state index is 0.186. The van der Waals surface area contributed by atoms with Crippen molar-refractivity contribution in [3.8, 4) is 17.2 Å². The van der Waals surface area contributed by atoms with Crippen LogP contribution < -0.4 is 24.4 Å². The number of hydrogen-bond acceptors (Lipinski definition) is 6. The van der Waals surface area contributed by atoms with Crippen LogP contribution in [0.2, 0.25) is 10.0 Å². The number of carbonyl (C=O) groups is 3. The van der Waals surface area contributed by atoms with E-state index in [-0.39, 0.29) is 41.0 Å². The van der Waals surface area contributed by atoms with E-state index in [1.165, 1.54) is 43.5 Å². The highest BCUT2D eigenvalue weighted by Crippen LogP contribution is 2.37. The molecule has 1 aliphatic rings. The van der Waals surface area contributed by atoms with E-state index in [1.54, 1.807) is 6.07 Å². The molecule has 1 saturated heterocycles. The lowest BCUT2D eigenvalue weighted by atomic mass is 10.1. The summed E-state index contributed by atoms with van der Waals surface area (Å²) >= 11 is 15.7. The first-order valence-corrected chi connectivity index (χ1v) is 12.4. The Hall–Kier alpha value is -3.53. The molecule has 0 unspecified atom stereocenters. The zero-order valence-corrected chi connectivity index (χ0v) is 22.4. The smallest absolute Gasteiger partial charge is 0.335 e. The van der Waals surface area contributed by atoms with E-state index >= 15 is 0 Å². The molecule has 1 N–H and O–H groups in total. The molecule has 37 heavy (non-hydrogen) atoms. The van der Waals surface area contributed by atoms with Gasteiger partial charge in [0, 0.05) is 9.50 Å². The fraction of sp³-hybridized carbons (Fsp3) is 0.115. The summed E-state index contributed by atoms with van der Waals surface area (Å²) in [5.74, 6) is -0.369. The number of hydrogen-bond donors (Lipinski definition) is 1. The summed E-state index contributed by atoms with van der Waals surface area (Å²) in [7, 11) is 1.44. The van der Waals surface area contributed by atoms with Gasteiger partial charge in [0.05, 0.1) is 17.8 Å². The molecule has 0 saturated carbocycles. The number of carbonyl (C=O) groups excluding carboxylic acids is 3. The third-order valence-electron chi connectivity index (χ3n) is 5.16. The Morgan fingerprint density at radius 3 is 2.30 bits per heavy atom. The number of amides is 4. The van der Waals surface area contributed by atoms with Crippen molar-refractivity contribution in [2.75, 3.05) is 25.2 Å². The van der Waals surface area contributed by atoms with Crippen LogP contribution >= 0.6 is 39.1 Å². The zero-order chi connectivity index (χ0) is 26.5. The summed E-state index contributed by atoms with van der Waals surface area (Å²) in [4.78, 5) is 38.8. The first-order chi connectivity index (χ1) is 17.8. The lowest BCUT2D eigenvalue weighted by Gasteiger charge is -2.26. The molecule has 1 aliphatic heterocycles. The molecule has 0 aromatic heterocycles. The van der Waals surface area contributed by atoms with Gasteiger partial charge in [0.15, 0.2) is 11.5 Å². The second kappa shape index (κ2) is 11.7. The van der Waals surface area contributed by atoms with Crippen LogP contribution in [-0.2, 0) is 9.59 Å². The predicted octanol–water partition coefficient (Wildman–Crippen LogP) is 5.89. The Bertz CT molecular complexity index is 1380. The third-order valence-corrected chi connectivity index (χ3v) is 6.22. The number of benzene rings is 3. The lowest BCUT2D eigenvalue weighted by molar-refractivity contribution is -0.122. The highest BCUT2D eigenvalue weighted by atomic mass is 79.9. The average molecular weight is 606 g/mol. The van der Waals surface area contributed by atoms with E-state index in [0.29, 0.717) is 16.3 Å². The van der Waals surface area contributed by atoms with Gasteiger partial charge in [0.2, 0.25) is 0 Å². The van der Waals surface area contributed by atoms with E-state index in [9.17, 15) is 14.4 Å². The van der Waals surface area contributed by atoms with Gasteiger partial charge in [0.1, 0.15) is 24.5 Å². The van der Waals surface area contributed by atoms with Gasteiger partial charge in [-0.1, -0.05) is 39.1 Å². The normalized spacial score (nSPS) is 14.5. The van der Waals surface area contributed by atoms with Crippen LogP contribution in [0.1, 0.15) is 5.56 Å². The summed E-state index contributed by atoms with van der Waals surface area (Å²) in [5, 5.41) is 2.80. The number of halogens is 3. The number of urea groups is 1. The molecule has 1 fully saturated rings. The van der Waals surface area contributed by atoms with Gasteiger partial charge < -0.3 is 14.2 Å². The Kier molecular flexibility index (Phi) is 8.38. The number of nitrogens with zero attached hydrogens (tertiary/aromatic N) is 1. The summed E-state index contributed by atoms with van der Waals surface area (Å²) in [6, 6.07) is 15.7. The number of nitrogens with one attached hydrogen (secondary N) is 1. The van der Waals surface area contributed by atoms with Gasteiger partial charge in [0.25, 0.3) is 11.8 Å². The Labute approximate surface area is 230 Å². The molecule has 3 aromatic rings. The molecule has 8 nitrogen and oxygen atoms in total. The summed E-state index contributed by atoms with van der Waals surface area (Å²) in [6.07, 6.45) is 1.32. The molecule has 0 aliphatic carbocycles. The van der Waals surface area contributed by atoms with Gasteiger partial charge in [-0.05, 0) is 72.3 Å². The summed E-state index contributed by atoms with van der Waals surface area (Å²) in [5.41, 5.74) is 0.392. The van der Waals surface area contributed by atoms with Gasteiger partial charge in [-0.15, -0.1) is 0 Å². The molecule has 0 atom stereocenters. The Morgan fingerprint density at radius 2 is 1.62 bits per heavy atom. The van der Waals surface area contributed by atoms with Crippen molar-refractivity contribution < 1.29 is 28.6 Å². The highest BCUT2D eigenvalue weighted by Gasteiger charge is 2.36. The number of methoxy groups -OCH3 is 1. The third kappa shape index (κ3) is 6.25. The molecule has 0 bridgehead atoms. The van der Waals surface area contributed by atoms with Gasteiger partial charge >= 0.3 is 6.03 Å². The van der Waals surface area contributed by atoms with E-state index in [0.717, 1.165) is 9.37 Å². The molecule has 11 heteroatoms. The van der Waals surface area contributed by atoms with Crippen LogP contribution in [-0.4, -0.2) is 38.2 Å². The number of rotatable bonds is 8. The van der Waals surface area contributed by atoms with Crippen molar-refractivity contribution in [1.29, 1.82) is 0 Å².